The van der Waals surface area contributed by atoms with Crippen molar-refractivity contribution in [3.05, 3.63) is 28.3 Å². The summed E-state index contributed by atoms with van der Waals surface area (Å²) in [5, 5.41) is 9.68. The van der Waals surface area contributed by atoms with Gasteiger partial charge in [0.15, 0.2) is 0 Å². The van der Waals surface area contributed by atoms with Crippen LogP contribution in [0.1, 0.15) is 22.3 Å². The minimum absolute atomic E-state index is 0.356. The first kappa shape index (κ1) is 9.07. The van der Waals surface area contributed by atoms with Crippen molar-refractivity contribution in [2.45, 2.75) is 27.3 Å². The Morgan fingerprint density at radius 1 is 1.25 bits per heavy atom. The first-order valence-electron chi connectivity index (χ1n) is 4.06. The molecule has 1 rings (SSSR count). The number of rotatable bonds is 1. The molecular formula is C10H15NO. The summed E-state index contributed by atoms with van der Waals surface area (Å²) in [6.07, 6.45) is 0. The molecule has 1 aromatic rings. The molecule has 12 heavy (non-hydrogen) atoms. The van der Waals surface area contributed by atoms with E-state index in [9.17, 15) is 5.11 Å². The predicted molar refractivity (Wildman–Crippen MR) is 50.2 cm³/mol. The molecule has 0 aromatic heterocycles. The third-order valence-corrected chi connectivity index (χ3v) is 2.35. The molecule has 3 N–H and O–H groups in total. The Morgan fingerprint density at radius 2 is 1.83 bits per heavy atom. The molecule has 0 aliphatic rings. The summed E-state index contributed by atoms with van der Waals surface area (Å²) in [7, 11) is 0. The zero-order valence-electron chi connectivity index (χ0n) is 7.81. The highest BCUT2D eigenvalue weighted by Gasteiger charge is 2.08. The standard InChI is InChI=1S/C10H15NO/c1-6-4-7(2)9(5-11)10(12)8(6)3/h4,12H,5,11H2,1-3H3. The number of hydrogen-bond acceptors (Lipinski definition) is 2. The van der Waals surface area contributed by atoms with Gasteiger partial charge in [0.25, 0.3) is 0 Å². The van der Waals surface area contributed by atoms with Gasteiger partial charge in [-0.25, -0.2) is 0 Å². The number of nitrogens with two attached hydrogens (primary N) is 1. The molecule has 0 aliphatic heterocycles. The summed E-state index contributed by atoms with van der Waals surface area (Å²) in [6.45, 7) is 6.26. The van der Waals surface area contributed by atoms with Crippen LogP contribution in [0.25, 0.3) is 0 Å². The number of hydrogen-bond donors (Lipinski definition) is 2. The molecule has 0 amide bonds. The predicted octanol–water partition coefficient (Wildman–Crippen LogP) is 1.78. The maximum absolute atomic E-state index is 9.68. The van der Waals surface area contributed by atoms with Gasteiger partial charge in [-0.3, -0.25) is 0 Å². The SMILES string of the molecule is Cc1cc(C)c(CN)c(O)c1C. The Kier molecular flexibility index (Phi) is 2.38. The molecule has 2 nitrogen and oxygen atoms in total. The molecule has 0 bridgehead atoms. The number of benzene rings is 1. The van der Waals surface area contributed by atoms with Gasteiger partial charge in [0, 0.05) is 12.1 Å². The average molecular weight is 165 g/mol. The quantitative estimate of drug-likeness (QED) is 0.666. The Hall–Kier alpha value is -1.02. The van der Waals surface area contributed by atoms with E-state index in [-0.39, 0.29) is 0 Å². The van der Waals surface area contributed by atoms with Gasteiger partial charge in [-0.2, -0.15) is 0 Å². The highest BCUT2D eigenvalue weighted by molar-refractivity contribution is 5.48. The Bertz CT molecular complexity index is 305. The zero-order chi connectivity index (χ0) is 9.30. The second-order valence-corrected chi connectivity index (χ2v) is 3.17. The minimum Gasteiger partial charge on any atom is -0.507 e. The van der Waals surface area contributed by atoms with Crippen molar-refractivity contribution in [3.8, 4) is 5.75 Å². The number of aromatic hydroxyl groups is 1. The smallest absolute Gasteiger partial charge is 0.123 e. The van der Waals surface area contributed by atoms with Gasteiger partial charge >= 0.3 is 0 Å². The van der Waals surface area contributed by atoms with E-state index in [0.29, 0.717) is 12.3 Å². The maximum Gasteiger partial charge on any atom is 0.123 e. The van der Waals surface area contributed by atoms with Crippen LogP contribution < -0.4 is 5.73 Å². The summed E-state index contributed by atoms with van der Waals surface area (Å²) in [6, 6.07) is 2.05. The Labute approximate surface area is 73.0 Å². The van der Waals surface area contributed by atoms with E-state index in [1.807, 2.05) is 20.8 Å². The van der Waals surface area contributed by atoms with Gasteiger partial charge in [-0.05, 0) is 37.5 Å². The van der Waals surface area contributed by atoms with Gasteiger partial charge in [0.05, 0.1) is 0 Å². The maximum atomic E-state index is 9.68. The van der Waals surface area contributed by atoms with Crippen molar-refractivity contribution in [2.24, 2.45) is 5.73 Å². The summed E-state index contributed by atoms with van der Waals surface area (Å²) in [5.41, 5.74) is 9.48. The molecule has 0 aliphatic carbocycles. The normalized spacial score (nSPS) is 10.3. The van der Waals surface area contributed by atoms with Gasteiger partial charge < -0.3 is 10.8 Å². The fourth-order valence-electron chi connectivity index (χ4n) is 1.38. The zero-order valence-corrected chi connectivity index (χ0v) is 7.81. The van der Waals surface area contributed by atoms with E-state index in [0.717, 1.165) is 22.3 Å². The Balaban J connectivity index is 3.40. The molecule has 0 saturated heterocycles. The summed E-state index contributed by atoms with van der Waals surface area (Å²) < 4.78 is 0. The monoisotopic (exact) mass is 165 g/mol. The lowest BCUT2D eigenvalue weighted by atomic mass is 9.99. The first-order valence-corrected chi connectivity index (χ1v) is 4.06. The summed E-state index contributed by atoms with van der Waals surface area (Å²) >= 11 is 0. The van der Waals surface area contributed by atoms with Crippen molar-refractivity contribution in [1.82, 2.24) is 0 Å². The van der Waals surface area contributed by atoms with Crippen molar-refractivity contribution in [2.75, 3.05) is 0 Å². The molecule has 0 atom stereocenters. The lowest BCUT2D eigenvalue weighted by Gasteiger charge is -2.11. The molecule has 0 radical (unpaired) electrons. The van der Waals surface area contributed by atoms with E-state index in [1.54, 1.807) is 0 Å². The van der Waals surface area contributed by atoms with Crippen LogP contribution in [0.2, 0.25) is 0 Å². The second kappa shape index (κ2) is 3.15. The van der Waals surface area contributed by atoms with Crippen LogP contribution >= 0.6 is 0 Å². The lowest BCUT2D eigenvalue weighted by Crippen LogP contribution is -2.01. The molecule has 0 fully saturated rings. The largest absolute Gasteiger partial charge is 0.507 e. The molecule has 0 heterocycles. The second-order valence-electron chi connectivity index (χ2n) is 3.17. The molecule has 66 valence electrons. The topological polar surface area (TPSA) is 46.2 Å². The molecule has 0 unspecified atom stereocenters. The highest BCUT2D eigenvalue weighted by Crippen LogP contribution is 2.27. The van der Waals surface area contributed by atoms with E-state index in [2.05, 4.69) is 6.07 Å². The van der Waals surface area contributed by atoms with Crippen molar-refractivity contribution in [1.29, 1.82) is 0 Å². The van der Waals surface area contributed by atoms with Crippen molar-refractivity contribution in [3.63, 3.8) is 0 Å². The number of phenolic OH excluding ortho intramolecular Hbond substituents is 1. The fraction of sp³-hybridized carbons (Fsp3) is 0.400. The van der Waals surface area contributed by atoms with Crippen LogP contribution in [0.4, 0.5) is 0 Å². The highest BCUT2D eigenvalue weighted by atomic mass is 16.3. The van der Waals surface area contributed by atoms with Gasteiger partial charge in [0.2, 0.25) is 0 Å². The molecular weight excluding hydrogens is 150 g/mol. The van der Waals surface area contributed by atoms with E-state index < -0.39 is 0 Å². The molecule has 0 spiro atoms. The molecule has 0 saturated carbocycles. The summed E-state index contributed by atoms with van der Waals surface area (Å²) in [4.78, 5) is 0. The minimum atomic E-state index is 0.356. The van der Waals surface area contributed by atoms with Crippen LogP contribution in [-0.4, -0.2) is 5.11 Å². The van der Waals surface area contributed by atoms with Crippen LogP contribution in [0.3, 0.4) is 0 Å². The number of aryl methyl sites for hydroxylation is 2. The first-order chi connectivity index (χ1) is 5.57. The van der Waals surface area contributed by atoms with E-state index >= 15 is 0 Å². The van der Waals surface area contributed by atoms with Crippen LogP contribution in [0, 0.1) is 20.8 Å². The van der Waals surface area contributed by atoms with E-state index in [4.69, 9.17) is 5.73 Å². The molecule has 2 heteroatoms. The summed E-state index contributed by atoms with van der Waals surface area (Å²) in [5.74, 6) is 0.356. The van der Waals surface area contributed by atoms with Gasteiger partial charge in [-0.15, -0.1) is 0 Å². The lowest BCUT2D eigenvalue weighted by molar-refractivity contribution is 0.463. The average Bonchev–Trinajstić information content (AvgIpc) is 2.01. The van der Waals surface area contributed by atoms with Crippen LogP contribution in [-0.2, 0) is 6.54 Å². The van der Waals surface area contributed by atoms with Gasteiger partial charge in [0.1, 0.15) is 5.75 Å². The molecule has 1 aromatic carbocycles. The Morgan fingerprint density at radius 3 is 2.33 bits per heavy atom. The fourth-order valence-corrected chi connectivity index (χ4v) is 1.38. The van der Waals surface area contributed by atoms with E-state index in [1.165, 1.54) is 0 Å². The van der Waals surface area contributed by atoms with Crippen molar-refractivity contribution >= 4 is 0 Å². The van der Waals surface area contributed by atoms with Crippen LogP contribution in [0.5, 0.6) is 5.75 Å². The van der Waals surface area contributed by atoms with Gasteiger partial charge in [-0.1, -0.05) is 6.07 Å². The number of phenols is 1. The third-order valence-electron chi connectivity index (χ3n) is 2.35. The van der Waals surface area contributed by atoms with Crippen molar-refractivity contribution < 1.29 is 5.11 Å². The third kappa shape index (κ3) is 1.30. The van der Waals surface area contributed by atoms with Crippen LogP contribution in [0.15, 0.2) is 6.07 Å².